The first-order chi connectivity index (χ1) is 22.3. The van der Waals surface area contributed by atoms with Gasteiger partial charge in [-0.25, -0.2) is 0 Å². The second-order valence-corrected chi connectivity index (χ2v) is 15.6. The molecule has 2 unspecified atom stereocenters. The van der Waals surface area contributed by atoms with Gasteiger partial charge in [-0.15, -0.1) is 0 Å². The third-order valence-electron chi connectivity index (χ3n) is 7.92. The Balaban J connectivity index is 1.60. The molecule has 0 saturated heterocycles. The lowest BCUT2D eigenvalue weighted by Crippen LogP contribution is -2.30. The Morgan fingerprint density at radius 1 is 0.957 bits per heavy atom. The van der Waals surface area contributed by atoms with E-state index in [1.54, 1.807) is 20.0 Å². The summed E-state index contributed by atoms with van der Waals surface area (Å²) in [4.78, 5) is 26.2. The van der Waals surface area contributed by atoms with Gasteiger partial charge in [-0.3, -0.25) is 24.0 Å². The molecule has 5 rings (SSSR count). The lowest BCUT2D eigenvalue weighted by Gasteiger charge is -2.27. The number of aryl methyl sites for hydroxylation is 1. The van der Waals surface area contributed by atoms with Gasteiger partial charge >= 0.3 is 5.97 Å². The van der Waals surface area contributed by atoms with Crippen LogP contribution >= 0.6 is 0 Å². The summed E-state index contributed by atoms with van der Waals surface area (Å²) in [5.74, 6) is -0.338. The van der Waals surface area contributed by atoms with E-state index in [0.29, 0.717) is 22.9 Å². The van der Waals surface area contributed by atoms with Crippen LogP contribution in [0, 0.1) is 12.3 Å². The molecule has 0 aliphatic carbocycles. The summed E-state index contributed by atoms with van der Waals surface area (Å²) in [5.41, 5.74) is 5.12. The fourth-order valence-corrected chi connectivity index (χ4v) is 6.44. The zero-order valence-electron chi connectivity index (χ0n) is 27.8. The number of hydrogen-bond acceptors (Lipinski definition) is 6. The number of nitrogens with zero attached hydrogens (tertiary/aromatic N) is 4. The Morgan fingerprint density at radius 2 is 1.68 bits per heavy atom. The fourth-order valence-electron chi connectivity index (χ4n) is 5.08. The van der Waals surface area contributed by atoms with Gasteiger partial charge in [-0.2, -0.15) is 0 Å². The van der Waals surface area contributed by atoms with Crippen molar-refractivity contribution in [2.24, 2.45) is 10.4 Å². The van der Waals surface area contributed by atoms with Gasteiger partial charge in [0.1, 0.15) is 18.4 Å². The molecule has 47 heavy (non-hydrogen) atoms. The molecular formula is C38H42N4O4S. The van der Waals surface area contributed by atoms with E-state index in [9.17, 15) is 14.1 Å². The highest BCUT2D eigenvalue weighted by atomic mass is 32.2. The van der Waals surface area contributed by atoms with Gasteiger partial charge in [0.05, 0.1) is 32.5 Å². The number of carboxylic acid groups (broad SMARTS) is 1. The van der Waals surface area contributed by atoms with Crippen LogP contribution in [0.1, 0.15) is 68.9 Å². The van der Waals surface area contributed by atoms with Crippen LogP contribution < -0.4 is 4.74 Å². The van der Waals surface area contributed by atoms with Gasteiger partial charge in [0.25, 0.3) is 0 Å². The zero-order chi connectivity index (χ0) is 33.8. The maximum Gasteiger partial charge on any atom is 0.309 e. The largest absolute Gasteiger partial charge is 0.487 e. The molecule has 4 aromatic rings. The first-order valence-electron chi connectivity index (χ1n) is 15.7. The van der Waals surface area contributed by atoms with Crippen LogP contribution in [0.2, 0.25) is 0 Å². The summed E-state index contributed by atoms with van der Waals surface area (Å²) in [5, 5.41) is 10.2. The highest BCUT2D eigenvalue weighted by Crippen LogP contribution is 2.32. The molecule has 8 nitrogen and oxygen atoms in total. The quantitative estimate of drug-likeness (QED) is 0.178. The number of carboxylic acids is 1. The molecule has 0 bridgehead atoms. The van der Waals surface area contributed by atoms with Gasteiger partial charge in [0, 0.05) is 53.8 Å². The molecule has 0 radical (unpaired) electrons. The van der Waals surface area contributed by atoms with Crippen LogP contribution in [0.3, 0.4) is 0 Å². The van der Waals surface area contributed by atoms with Crippen molar-refractivity contribution in [3.8, 4) is 16.9 Å². The second-order valence-electron chi connectivity index (χ2n) is 13.4. The lowest BCUT2D eigenvalue weighted by molar-refractivity contribution is -0.146. The van der Waals surface area contributed by atoms with Gasteiger partial charge < -0.3 is 14.4 Å². The highest BCUT2D eigenvalue weighted by molar-refractivity contribution is 7.86. The van der Waals surface area contributed by atoms with Gasteiger partial charge in [-0.05, 0) is 94.6 Å². The van der Waals surface area contributed by atoms with Crippen LogP contribution in [-0.4, -0.2) is 40.8 Å². The van der Waals surface area contributed by atoms with Crippen molar-refractivity contribution in [3.05, 3.63) is 120 Å². The molecule has 1 aliphatic rings. The molecule has 244 valence electrons. The standard InChI is InChI=1S/C38H42N4O4S/c1-26-20-31(46-25-30-10-7-8-18-39-30)11-9-19-42(34(21-38(5,6)36(43)44)35(26)47(45)37(2,3)4)24-27-12-14-28(15-13-27)29-16-17-32(40-22-29)33-23-41-33/h7-20,22-23,33H,21,24-25H2,1-6H3,(H,43,44). The topological polar surface area (TPSA) is 107 Å². The molecule has 0 saturated carbocycles. The minimum absolute atomic E-state index is 0.115. The van der Waals surface area contributed by atoms with E-state index in [-0.39, 0.29) is 19.1 Å². The number of pyridine rings is 2. The number of benzene rings is 1. The molecule has 2 atom stereocenters. The molecule has 1 aromatic carbocycles. The summed E-state index contributed by atoms with van der Waals surface area (Å²) in [6, 6.07) is 23.7. The second kappa shape index (κ2) is 14.0. The first kappa shape index (κ1) is 33.7. The fraction of sp³-hybridized carbons (Fsp3) is 0.316. The highest BCUT2D eigenvalue weighted by Gasteiger charge is 2.33. The number of hydrogen-bond donors (Lipinski definition) is 1. The van der Waals surface area contributed by atoms with E-state index in [2.05, 4.69) is 45.3 Å². The van der Waals surface area contributed by atoms with Crippen LogP contribution in [0.15, 0.2) is 101 Å². The van der Waals surface area contributed by atoms with Gasteiger partial charge in [0.15, 0.2) is 0 Å². The van der Waals surface area contributed by atoms with Crippen molar-refractivity contribution in [1.29, 1.82) is 0 Å². The van der Waals surface area contributed by atoms with Crippen LogP contribution in [0.25, 0.3) is 11.1 Å². The van der Waals surface area contributed by atoms with E-state index in [4.69, 9.17) is 4.74 Å². The maximum absolute atomic E-state index is 14.4. The SMILES string of the molecule is Cc1cc(OCc2ccccn2)cccn(Cc2ccc(-c3ccc(C4C=N4)nc3)cc2)c(CC(C)(C)C(=O)O)c1S(=O)C(C)(C)C. The van der Waals surface area contributed by atoms with Gasteiger partial charge in [0.2, 0.25) is 0 Å². The molecule has 1 aliphatic heterocycles. The van der Waals surface area contributed by atoms with Crippen molar-refractivity contribution in [1.82, 2.24) is 14.5 Å². The van der Waals surface area contributed by atoms with E-state index >= 15 is 0 Å². The smallest absolute Gasteiger partial charge is 0.309 e. The average molecular weight is 651 g/mol. The number of aliphatic imine (C=N–C) groups is 1. The summed E-state index contributed by atoms with van der Waals surface area (Å²) in [6.07, 6.45) is 7.56. The summed E-state index contributed by atoms with van der Waals surface area (Å²) in [6.45, 7) is 11.8. The van der Waals surface area contributed by atoms with Crippen molar-refractivity contribution in [2.45, 2.75) is 76.8 Å². The van der Waals surface area contributed by atoms with Crippen LogP contribution in [0.5, 0.6) is 5.75 Å². The lowest BCUT2D eigenvalue weighted by atomic mass is 9.87. The molecule has 4 heterocycles. The van der Waals surface area contributed by atoms with Crippen LogP contribution in [0.4, 0.5) is 0 Å². The Morgan fingerprint density at radius 3 is 2.28 bits per heavy atom. The number of aliphatic carboxylic acids is 1. The normalized spacial score (nSPS) is 14.7. The Hall–Kier alpha value is -4.63. The summed E-state index contributed by atoms with van der Waals surface area (Å²) in [7, 11) is -1.49. The van der Waals surface area contributed by atoms with Crippen molar-refractivity contribution < 1.29 is 18.8 Å². The van der Waals surface area contributed by atoms with Gasteiger partial charge in [-0.1, -0.05) is 36.4 Å². The Bertz CT molecular complexity index is 1830. The molecule has 0 spiro atoms. The summed E-state index contributed by atoms with van der Waals surface area (Å²) >= 11 is 0. The monoisotopic (exact) mass is 650 g/mol. The molecule has 3 aromatic heterocycles. The Kier molecular flexibility index (Phi) is 10.1. The third kappa shape index (κ3) is 8.60. The average Bonchev–Trinajstić information content (AvgIpc) is 3.88. The van der Waals surface area contributed by atoms with E-state index in [1.807, 2.05) is 93.3 Å². The van der Waals surface area contributed by atoms with Crippen molar-refractivity contribution >= 4 is 23.0 Å². The van der Waals surface area contributed by atoms with Crippen LogP contribution in [-0.2, 0) is 35.2 Å². The minimum atomic E-state index is -1.49. The van der Waals surface area contributed by atoms with E-state index < -0.39 is 26.9 Å². The minimum Gasteiger partial charge on any atom is -0.487 e. The number of ether oxygens (including phenoxy) is 1. The van der Waals surface area contributed by atoms with Crippen molar-refractivity contribution in [3.63, 3.8) is 0 Å². The zero-order valence-corrected chi connectivity index (χ0v) is 28.6. The predicted molar refractivity (Wildman–Crippen MR) is 187 cm³/mol. The Labute approximate surface area is 279 Å². The summed E-state index contributed by atoms with van der Waals surface area (Å²) < 4.78 is 22.0. The molecule has 0 amide bonds. The molecule has 0 fully saturated rings. The maximum atomic E-state index is 14.4. The predicted octanol–water partition coefficient (Wildman–Crippen LogP) is 7.69. The number of rotatable bonds is 11. The molecule has 9 heteroatoms. The van der Waals surface area contributed by atoms with Crippen molar-refractivity contribution in [2.75, 3.05) is 0 Å². The molecule has 1 N–H and O–H groups in total. The number of carbonyl (C=O) groups is 1. The van der Waals surface area contributed by atoms with E-state index in [1.165, 1.54) is 0 Å². The molecular weight excluding hydrogens is 609 g/mol. The first-order valence-corrected chi connectivity index (χ1v) is 16.8. The van der Waals surface area contributed by atoms with E-state index in [0.717, 1.165) is 33.6 Å². The number of aromatic nitrogens is 3. The third-order valence-corrected chi connectivity index (χ3v) is 9.96.